The van der Waals surface area contributed by atoms with Crippen LogP contribution in [-0.2, 0) is 6.54 Å². The van der Waals surface area contributed by atoms with Crippen LogP contribution in [0.3, 0.4) is 0 Å². The topological polar surface area (TPSA) is 103 Å². The largest absolute Gasteiger partial charge is 0.438 e. The van der Waals surface area contributed by atoms with E-state index in [4.69, 9.17) is 9.15 Å². The molecular formula is C20H24N6O4. The summed E-state index contributed by atoms with van der Waals surface area (Å²) in [5, 5.41) is 10.8. The second-order valence-electron chi connectivity index (χ2n) is 8.22. The van der Waals surface area contributed by atoms with Gasteiger partial charge in [-0.3, -0.25) is 9.47 Å². The summed E-state index contributed by atoms with van der Waals surface area (Å²) < 4.78 is 13.5. The Hall–Kier alpha value is -3.14. The van der Waals surface area contributed by atoms with E-state index in [-0.39, 0.29) is 11.4 Å². The van der Waals surface area contributed by atoms with Gasteiger partial charge in [0.25, 0.3) is 6.01 Å². The van der Waals surface area contributed by atoms with Gasteiger partial charge in [0.2, 0.25) is 0 Å². The number of imidazole rings is 1. The van der Waals surface area contributed by atoms with Crippen LogP contribution in [0.15, 0.2) is 34.9 Å². The van der Waals surface area contributed by atoms with E-state index < -0.39 is 4.92 Å². The molecule has 2 aliphatic heterocycles. The van der Waals surface area contributed by atoms with E-state index in [1.165, 1.54) is 6.20 Å². The van der Waals surface area contributed by atoms with E-state index in [2.05, 4.69) is 19.8 Å². The van der Waals surface area contributed by atoms with E-state index in [9.17, 15) is 10.1 Å². The summed E-state index contributed by atoms with van der Waals surface area (Å²) >= 11 is 0. The van der Waals surface area contributed by atoms with Gasteiger partial charge in [-0.25, -0.2) is 0 Å². The number of oxazole rings is 1. The maximum absolute atomic E-state index is 10.8. The maximum atomic E-state index is 10.8. The number of aromatic nitrogens is 3. The van der Waals surface area contributed by atoms with Crippen molar-refractivity contribution in [1.82, 2.24) is 19.4 Å². The van der Waals surface area contributed by atoms with Gasteiger partial charge in [0, 0.05) is 31.2 Å². The van der Waals surface area contributed by atoms with Crippen LogP contribution in [0.2, 0.25) is 0 Å². The number of fused-ring (bicyclic) bond motifs is 2. The van der Waals surface area contributed by atoms with Crippen LogP contribution < -0.4 is 9.64 Å². The Labute approximate surface area is 173 Å². The minimum Gasteiger partial charge on any atom is -0.438 e. The Kier molecular flexibility index (Phi) is 4.58. The van der Waals surface area contributed by atoms with Gasteiger partial charge in [-0.1, -0.05) is 12.1 Å². The van der Waals surface area contributed by atoms with Crippen LogP contribution in [0.4, 0.5) is 11.8 Å². The van der Waals surface area contributed by atoms with Gasteiger partial charge in [0.1, 0.15) is 17.3 Å². The van der Waals surface area contributed by atoms with Crippen molar-refractivity contribution in [1.29, 1.82) is 0 Å². The highest BCUT2D eigenvalue weighted by molar-refractivity contribution is 5.74. The van der Waals surface area contributed by atoms with E-state index in [1.807, 2.05) is 31.2 Å². The molecule has 0 bridgehead atoms. The molecule has 5 rings (SSSR count). The number of ether oxygens (including phenoxy) is 1. The van der Waals surface area contributed by atoms with Crippen LogP contribution >= 0.6 is 0 Å². The van der Waals surface area contributed by atoms with Gasteiger partial charge in [-0.05, 0) is 43.4 Å². The Bertz CT molecular complexity index is 1010. The predicted molar refractivity (Wildman–Crippen MR) is 110 cm³/mol. The molecule has 1 fully saturated rings. The molecule has 1 saturated heterocycles. The Morgan fingerprint density at radius 1 is 1.20 bits per heavy atom. The fourth-order valence-electron chi connectivity index (χ4n) is 4.25. The summed E-state index contributed by atoms with van der Waals surface area (Å²) in [5.41, 5.74) is 1.35. The van der Waals surface area contributed by atoms with Crippen LogP contribution in [0.25, 0.3) is 11.1 Å². The molecule has 0 saturated carbocycles. The molecular weight excluding hydrogens is 388 g/mol. The van der Waals surface area contributed by atoms with Gasteiger partial charge >= 0.3 is 11.8 Å². The number of benzene rings is 1. The first kappa shape index (κ1) is 18.9. The second-order valence-corrected chi connectivity index (χ2v) is 8.22. The summed E-state index contributed by atoms with van der Waals surface area (Å²) in [5.74, 6) is -0.163. The summed E-state index contributed by atoms with van der Waals surface area (Å²) in [4.78, 5) is 23.5. The fraction of sp³-hybridized carbons (Fsp3) is 0.500. The van der Waals surface area contributed by atoms with Crippen molar-refractivity contribution in [3.63, 3.8) is 0 Å². The lowest BCUT2D eigenvalue weighted by molar-refractivity contribution is -0.389. The van der Waals surface area contributed by atoms with E-state index in [1.54, 1.807) is 4.57 Å². The molecule has 0 N–H and O–H groups in total. The second kappa shape index (κ2) is 7.28. The lowest BCUT2D eigenvalue weighted by Crippen LogP contribution is -2.47. The molecule has 0 spiro atoms. The molecule has 2 aromatic heterocycles. The molecule has 0 aliphatic carbocycles. The van der Waals surface area contributed by atoms with Crippen molar-refractivity contribution in [3.8, 4) is 6.01 Å². The molecule has 158 valence electrons. The highest BCUT2D eigenvalue weighted by atomic mass is 16.6. The minimum absolute atomic E-state index is 0.163. The lowest BCUT2D eigenvalue weighted by Gasteiger charge is -2.34. The smallest absolute Gasteiger partial charge is 0.414 e. The monoisotopic (exact) mass is 412 g/mol. The van der Waals surface area contributed by atoms with Gasteiger partial charge < -0.3 is 24.2 Å². The van der Waals surface area contributed by atoms with Gasteiger partial charge in [-0.2, -0.15) is 4.98 Å². The number of nitrogens with zero attached hydrogens (tertiary/aromatic N) is 6. The minimum atomic E-state index is -0.494. The number of piperazine rings is 1. The first-order valence-electron chi connectivity index (χ1n) is 10.2. The third-order valence-corrected chi connectivity index (χ3v) is 5.86. The average Bonchev–Trinajstić information content (AvgIpc) is 3.39. The van der Waals surface area contributed by atoms with E-state index >= 15 is 0 Å². The zero-order chi connectivity index (χ0) is 20.7. The van der Waals surface area contributed by atoms with Crippen molar-refractivity contribution in [2.24, 2.45) is 0 Å². The highest BCUT2D eigenvalue weighted by Crippen LogP contribution is 2.33. The number of hydrogen-bond acceptors (Lipinski definition) is 8. The Balaban J connectivity index is 1.09. The molecule has 3 aromatic rings. The molecule has 10 heteroatoms. The number of para-hydroxylation sites is 2. The van der Waals surface area contributed by atoms with Crippen molar-refractivity contribution in [2.45, 2.75) is 31.9 Å². The average molecular weight is 412 g/mol. The maximum Gasteiger partial charge on any atom is 0.414 e. The summed E-state index contributed by atoms with van der Waals surface area (Å²) in [6, 6.07) is 8.88. The van der Waals surface area contributed by atoms with Crippen molar-refractivity contribution in [3.05, 3.63) is 40.6 Å². The van der Waals surface area contributed by atoms with Crippen LogP contribution in [0.5, 0.6) is 6.01 Å². The molecule has 1 unspecified atom stereocenters. The summed E-state index contributed by atoms with van der Waals surface area (Å²) in [7, 11) is 0. The van der Waals surface area contributed by atoms with E-state index in [0.717, 1.165) is 56.7 Å². The predicted octanol–water partition coefficient (Wildman–Crippen LogP) is 2.69. The first-order chi connectivity index (χ1) is 14.5. The molecule has 1 aromatic carbocycles. The number of nitro groups is 1. The SMILES string of the molecule is CC1(CCCN2CCN(c3nc4ccccc4o3)CC2)Cn2cc([N+](=O)[O-])nc2O1. The molecule has 1 atom stereocenters. The normalized spacial score (nSPS) is 21.7. The van der Waals surface area contributed by atoms with Gasteiger partial charge in [-0.15, -0.1) is 0 Å². The number of anilines is 1. The molecule has 30 heavy (non-hydrogen) atoms. The lowest BCUT2D eigenvalue weighted by atomic mass is 10.00. The van der Waals surface area contributed by atoms with Crippen LogP contribution in [0, 0.1) is 10.1 Å². The molecule has 10 nitrogen and oxygen atoms in total. The van der Waals surface area contributed by atoms with Crippen molar-refractivity contribution >= 4 is 22.9 Å². The first-order valence-corrected chi connectivity index (χ1v) is 10.2. The third-order valence-electron chi connectivity index (χ3n) is 5.86. The molecule has 0 radical (unpaired) electrons. The van der Waals surface area contributed by atoms with E-state index in [0.29, 0.717) is 18.6 Å². The van der Waals surface area contributed by atoms with Gasteiger partial charge in [0.05, 0.1) is 6.54 Å². The molecule has 0 amide bonds. The quantitative estimate of drug-likeness (QED) is 0.450. The van der Waals surface area contributed by atoms with Gasteiger partial charge in [0.15, 0.2) is 5.58 Å². The molecule has 2 aliphatic rings. The highest BCUT2D eigenvalue weighted by Gasteiger charge is 2.39. The zero-order valence-corrected chi connectivity index (χ0v) is 16.9. The van der Waals surface area contributed by atoms with Crippen LogP contribution in [-0.4, -0.2) is 62.7 Å². The fourth-order valence-corrected chi connectivity index (χ4v) is 4.25. The number of rotatable bonds is 6. The van der Waals surface area contributed by atoms with Crippen molar-refractivity contribution < 1.29 is 14.1 Å². The Morgan fingerprint density at radius 3 is 2.73 bits per heavy atom. The summed E-state index contributed by atoms with van der Waals surface area (Å²) in [6.07, 6.45) is 3.31. The zero-order valence-electron chi connectivity index (χ0n) is 16.9. The Morgan fingerprint density at radius 2 is 2.00 bits per heavy atom. The standard InChI is InChI=1S/C20H24N6O4/c1-20(14-25-13-17(26(27)28)22-19(25)30-20)7-4-8-23-9-11-24(12-10-23)18-21-15-5-2-3-6-16(15)29-18/h2-3,5-6,13H,4,7-12,14H2,1H3. The van der Waals surface area contributed by atoms with Crippen LogP contribution in [0.1, 0.15) is 19.8 Å². The van der Waals surface area contributed by atoms with Crippen molar-refractivity contribution in [2.75, 3.05) is 37.6 Å². The third kappa shape index (κ3) is 3.58. The molecule has 4 heterocycles. The summed E-state index contributed by atoms with van der Waals surface area (Å²) in [6.45, 7) is 7.32. The number of hydrogen-bond donors (Lipinski definition) is 0.